The van der Waals surface area contributed by atoms with Gasteiger partial charge < -0.3 is 0 Å². The maximum Gasteiger partial charge on any atom is 0.0175 e. The molecule has 1 aliphatic rings. The minimum Gasteiger partial charge on any atom is -0.0633 e. The number of fused-ring (bicyclic) bond motifs is 1. The van der Waals surface area contributed by atoms with Crippen molar-refractivity contribution in [2.75, 3.05) is 0 Å². The summed E-state index contributed by atoms with van der Waals surface area (Å²) >= 11 is 0. The van der Waals surface area contributed by atoms with E-state index in [4.69, 9.17) is 0 Å². The monoisotopic (exact) mass is 320 g/mol. The molecule has 23 heavy (non-hydrogen) atoms. The van der Waals surface area contributed by atoms with Gasteiger partial charge in [0.25, 0.3) is 0 Å². The quantitative estimate of drug-likeness (QED) is 0.674. The van der Waals surface area contributed by atoms with Crippen LogP contribution in [-0.2, 0) is 5.41 Å². The number of rotatable bonds is 2. The van der Waals surface area contributed by atoms with Gasteiger partial charge >= 0.3 is 0 Å². The predicted molar refractivity (Wildman–Crippen MR) is 106 cm³/mol. The van der Waals surface area contributed by atoms with Crippen molar-refractivity contribution in [2.24, 2.45) is 5.92 Å². The van der Waals surface area contributed by atoms with Gasteiger partial charge in [-0.25, -0.2) is 0 Å². The molecule has 1 atom stereocenters. The summed E-state index contributed by atoms with van der Waals surface area (Å²) in [6.45, 7) is 11.4. The summed E-state index contributed by atoms with van der Waals surface area (Å²) < 4.78 is 0. The van der Waals surface area contributed by atoms with Crippen molar-refractivity contribution in [1.29, 1.82) is 0 Å². The number of benzene rings is 2. The van der Waals surface area contributed by atoms with E-state index in [9.17, 15) is 0 Å². The van der Waals surface area contributed by atoms with Crippen LogP contribution in [0.25, 0.3) is 17.2 Å². The second kappa shape index (κ2) is 5.79. The van der Waals surface area contributed by atoms with E-state index in [1.807, 2.05) is 0 Å². The molecule has 120 valence electrons. The van der Waals surface area contributed by atoms with Gasteiger partial charge in [0.2, 0.25) is 0 Å². The van der Waals surface area contributed by atoms with Crippen LogP contribution < -0.4 is 0 Å². The van der Waals surface area contributed by atoms with Gasteiger partial charge in [-0.3, -0.25) is 0 Å². The van der Waals surface area contributed by atoms with Crippen LogP contribution in [0.3, 0.4) is 0 Å². The lowest BCUT2D eigenvalue weighted by Gasteiger charge is -2.19. The normalized spacial score (nSPS) is 17.5. The van der Waals surface area contributed by atoms with Crippen LogP contribution in [0.5, 0.6) is 0 Å². The Morgan fingerprint density at radius 2 is 1.61 bits per heavy atom. The van der Waals surface area contributed by atoms with E-state index < -0.39 is 0 Å². The highest BCUT2D eigenvalue weighted by Gasteiger charge is 2.25. The summed E-state index contributed by atoms with van der Waals surface area (Å²) in [7, 11) is 1.19. The zero-order valence-electron chi connectivity index (χ0n) is 15.3. The molecular weight excluding hydrogens is 292 g/mol. The fraction of sp³-hybridized carbons (Fsp3) is 0.364. The second-order valence-corrected chi connectivity index (χ2v) is 9.31. The molecule has 0 aliphatic heterocycles. The first-order valence-corrected chi connectivity index (χ1v) is 9.90. The van der Waals surface area contributed by atoms with Crippen molar-refractivity contribution < 1.29 is 0 Å². The van der Waals surface area contributed by atoms with Gasteiger partial charge in [-0.2, -0.15) is 0 Å². The Labute approximate surface area is 144 Å². The summed E-state index contributed by atoms with van der Waals surface area (Å²) in [6, 6.07) is 16.0. The maximum atomic E-state index is 2.46. The molecule has 0 N–H and O–H groups in total. The molecule has 1 aliphatic carbocycles. The molecule has 3 rings (SSSR count). The summed E-state index contributed by atoms with van der Waals surface area (Å²) in [6.07, 6.45) is 2.46. The highest BCUT2D eigenvalue weighted by atomic mass is 28.1. The molecule has 2 aromatic carbocycles. The van der Waals surface area contributed by atoms with Gasteiger partial charge in [0.15, 0.2) is 0 Å². The van der Waals surface area contributed by atoms with Crippen LogP contribution in [0.2, 0.25) is 0 Å². The molecule has 0 bridgehead atoms. The Morgan fingerprint density at radius 1 is 0.957 bits per heavy atom. The number of hydrogen-bond acceptors (Lipinski definition) is 0. The topological polar surface area (TPSA) is 0 Å². The molecule has 0 nitrogen and oxygen atoms in total. The molecular formula is C22H28Si. The highest BCUT2D eigenvalue weighted by molar-refractivity contribution is 6.16. The van der Waals surface area contributed by atoms with Gasteiger partial charge in [0.1, 0.15) is 0 Å². The van der Waals surface area contributed by atoms with E-state index in [0.717, 1.165) is 0 Å². The zero-order valence-corrected chi connectivity index (χ0v) is 17.3. The van der Waals surface area contributed by atoms with E-state index in [2.05, 4.69) is 83.2 Å². The lowest BCUT2D eigenvalue weighted by molar-refractivity contribution is 0.590. The molecule has 2 aromatic rings. The van der Waals surface area contributed by atoms with Crippen LogP contribution in [0.15, 0.2) is 48.0 Å². The maximum absolute atomic E-state index is 2.46. The van der Waals surface area contributed by atoms with Crippen molar-refractivity contribution in [3.8, 4) is 11.1 Å². The number of hydrogen-bond donors (Lipinski definition) is 0. The van der Waals surface area contributed by atoms with Gasteiger partial charge in [0, 0.05) is 10.2 Å². The standard InChI is InChI=1S/C22H28Si/c1-14(2)19-13-20-17(7-6-8-18(20)21(19)23)15-9-11-16(12-10-15)22(3,4)5/h6-14,21H,1-5,23H3. The molecule has 1 unspecified atom stereocenters. The van der Waals surface area contributed by atoms with E-state index >= 15 is 0 Å². The first-order valence-electron chi connectivity index (χ1n) is 8.74. The second-order valence-electron chi connectivity index (χ2n) is 8.16. The Morgan fingerprint density at radius 3 is 2.17 bits per heavy atom. The average Bonchev–Trinajstić information content (AvgIpc) is 2.84. The van der Waals surface area contributed by atoms with Crippen LogP contribution in [0.4, 0.5) is 0 Å². The van der Waals surface area contributed by atoms with Crippen molar-refractivity contribution in [3.05, 3.63) is 64.7 Å². The Bertz CT molecular complexity index is 743. The first-order chi connectivity index (χ1) is 10.8. The van der Waals surface area contributed by atoms with Crippen molar-refractivity contribution in [2.45, 2.75) is 45.6 Å². The van der Waals surface area contributed by atoms with Crippen molar-refractivity contribution in [1.82, 2.24) is 0 Å². The molecule has 0 fully saturated rings. The van der Waals surface area contributed by atoms with E-state index in [1.165, 1.54) is 38.1 Å². The van der Waals surface area contributed by atoms with Gasteiger partial charge in [-0.15, -0.1) is 0 Å². The molecule has 0 saturated heterocycles. The van der Waals surface area contributed by atoms with Gasteiger partial charge in [0.05, 0.1) is 0 Å². The van der Waals surface area contributed by atoms with E-state index in [1.54, 1.807) is 5.57 Å². The predicted octanol–water partition coefficient (Wildman–Crippen LogP) is 5.11. The molecule has 0 amide bonds. The van der Waals surface area contributed by atoms with E-state index in [0.29, 0.717) is 11.5 Å². The SMILES string of the molecule is CC(C)C1=Cc2c(-c3ccc(C(C)(C)C)cc3)cccc2C1[SiH3]. The number of allylic oxidation sites excluding steroid dienone is 1. The first kappa shape index (κ1) is 16.3. The van der Waals surface area contributed by atoms with Crippen molar-refractivity contribution in [3.63, 3.8) is 0 Å². The Kier molecular flexibility index (Phi) is 4.10. The smallest absolute Gasteiger partial charge is 0.0175 e. The van der Waals surface area contributed by atoms with Gasteiger partial charge in [-0.1, -0.05) is 88.7 Å². The molecule has 0 aromatic heterocycles. The Hall–Kier alpha value is -1.60. The summed E-state index contributed by atoms with van der Waals surface area (Å²) in [4.78, 5) is 0. The van der Waals surface area contributed by atoms with Crippen LogP contribution in [-0.4, -0.2) is 10.2 Å². The lowest BCUT2D eigenvalue weighted by Crippen LogP contribution is -2.10. The summed E-state index contributed by atoms with van der Waals surface area (Å²) in [5.41, 5.74) is 9.63. The molecule has 0 saturated carbocycles. The van der Waals surface area contributed by atoms with Crippen molar-refractivity contribution >= 4 is 16.3 Å². The van der Waals surface area contributed by atoms with Crippen LogP contribution >= 0.6 is 0 Å². The van der Waals surface area contributed by atoms with Crippen LogP contribution in [0, 0.1) is 5.92 Å². The molecule has 0 heterocycles. The summed E-state index contributed by atoms with van der Waals surface area (Å²) in [5.74, 6) is 0.640. The summed E-state index contributed by atoms with van der Waals surface area (Å²) in [5, 5.41) is 0. The fourth-order valence-corrected chi connectivity index (χ4v) is 5.00. The van der Waals surface area contributed by atoms with E-state index in [-0.39, 0.29) is 5.41 Å². The third-order valence-electron chi connectivity index (χ3n) is 5.15. The average molecular weight is 321 g/mol. The Balaban J connectivity index is 2.07. The third kappa shape index (κ3) is 2.95. The third-order valence-corrected chi connectivity index (χ3v) is 6.43. The largest absolute Gasteiger partial charge is 0.0633 e. The highest BCUT2D eigenvalue weighted by Crippen LogP contribution is 2.42. The lowest BCUT2D eigenvalue weighted by atomic mass is 9.86. The van der Waals surface area contributed by atoms with Gasteiger partial charge in [-0.05, 0) is 44.7 Å². The fourth-order valence-electron chi connectivity index (χ4n) is 3.66. The zero-order chi connectivity index (χ0) is 16.8. The minimum atomic E-state index is 0.210. The molecule has 0 spiro atoms. The molecule has 1 heteroatoms. The molecule has 0 radical (unpaired) electrons. The van der Waals surface area contributed by atoms with Crippen LogP contribution in [0.1, 0.15) is 56.9 Å². The minimum absolute atomic E-state index is 0.210.